The van der Waals surface area contributed by atoms with E-state index in [4.69, 9.17) is 0 Å². The Bertz CT molecular complexity index is 401. The number of hydrogen-bond donors (Lipinski definition) is 1. The lowest BCUT2D eigenvalue weighted by molar-refractivity contribution is -0.127. The van der Waals surface area contributed by atoms with E-state index in [1.807, 2.05) is 0 Å². The van der Waals surface area contributed by atoms with Crippen molar-refractivity contribution in [2.45, 2.75) is 12.8 Å². The molecule has 0 amide bonds. The van der Waals surface area contributed by atoms with E-state index in [1.165, 1.54) is 72.3 Å². The first-order chi connectivity index (χ1) is 8.47. The average Bonchev–Trinajstić information content (AvgIpc) is 2.92. The summed E-state index contributed by atoms with van der Waals surface area (Å²) in [5.41, 5.74) is 0. The van der Waals surface area contributed by atoms with Gasteiger partial charge in [0.2, 0.25) is 0 Å². The fourth-order valence-corrected chi connectivity index (χ4v) is 9.59. The lowest BCUT2D eigenvalue weighted by Crippen LogP contribution is -2.57. The first-order valence-electron chi connectivity index (χ1n) is 8.17. The molecule has 17 heavy (non-hydrogen) atoms. The van der Waals surface area contributed by atoms with Crippen molar-refractivity contribution in [3.05, 3.63) is 0 Å². The zero-order valence-corrected chi connectivity index (χ0v) is 10.3. The molecule has 4 bridgehead atoms. The molecule has 7 aliphatic carbocycles. The summed E-state index contributed by atoms with van der Waals surface area (Å²) in [5.74, 6) is 14.7. The van der Waals surface area contributed by atoms with Crippen molar-refractivity contribution in [2.75, 3.05) is 13.1 Å². The Morgan fingerprint density at radius 2 is 0.882 bits per heavy atom. The molecular weight excluding hydrogens is 206 g/mol. The molecule has 0 aromatic rings. The second kappa shape index (κ2) is 2.13. The molecule has 12 unspecified atom stereocenters. The zero-order chi connectivity index (χ0) is 10.5. The van der Waals surface area contributed by atoms with E-state index < -0.39 is 0 Å². The van der Waals surface area contributed by atoms with E-state index in [2.05, 4.69) is 5.32 Å². The van der Waals surface area contributed by atoms with Crippen LogP contribution in [0.2, 0.25) is 0 Å². The van der Waals surface area contributed by atoms with Gasteiger partial charge in [-0.2, -0.15) is 0 Å². The minimum absolute atomic E-state index is 1.13. The highest BCUT2D eigenvalue weighted by Crippen LogP contribution is 2.87. The zero-order valence-electron chi connectivity index (χ0n) is 10.3. The van der Waals surface area contributed by atoms with Gasteiger partial charge in [-0.05, 0) is 96.9 Å². The number of rotatable bonds is 0. The highest BCUT2D eigenvalue weighted by Gasteiger charge is 2.84. The van der Waals surface area contributed by atoms with E-state index in [9.17, 15) is 0 Å². The lowest BCUT2D eigenvalue weighted by Gasteiger charge is -2.60. The molecule has 1 saturated heterocycles. The van der Waals surface area contributed by atoms with Gasteiger partial charge >= 0.3 is 0 Å². The number of fused-ring (bicyclic) bond motifs is 1. The second-order valence-electron chi connectivity index (χ2n) is 8.51. The van der Waals surface area contributed by atoms with Crippen LogP contribution in [0.5, 0.6) is 0 Å². The molecule has 0 aromatic carbocycles. The summed E-state index contributed by atoms with van der Waals surface area (Å²) in [6.07, 6.45) is 3.29. The van der Waals surface area contributed by atoms with Crippen LogP contribution in [0.15, 0.2) is 0 Å². The standard InChI is InChI=1S/C16H21N/c1-2-6-10-9-5(1)11-12(6)16-14(10)8-4-17-3-7(8)13(9)15(11)16/h5-17H,1-4H2. The maximum absolute atomic E-state index is 3.76. The molecule has 1 aliphatic heterocycles. The SMILES string of the molecule is C1NCC2C1C1C3C4CCC5C3C2C2C5C4C12. The van der Waals surface area contributed by atoms with Gasteiger partial charge in [-0.15, -0.1) is 0 Å². The number of hydrogen-bond acceptors (Lipinski definition) is 1. The summed E-state index contributed by atoms with van der Waals surface area (Å²) >= 11 is 0. The third kappa shape index (κ3) is 0.554. The molecule has 12 atom stereocenters. The van der Waals surface area contributed by atoms with Crippen molar-refractivity contribution in [1.82, 2.24) is 5.32 Å². The van der Waals surface area contributed by atoms with Crippen LogP contribution in [0.4, 0.5) is 0 Å². The van der Waals surface area contributed by atoms with E-state index in [1.54, 1.807) is 12.8 Å². The summed E-state index contributed by atoms with van der Waals surface area (Å²) < 4.78 is 0. The maximum atomic E-state index is 3.76. The first kappa shape index (κ1) is 8.19. The Morgan fingerprint density at radius 3 is 1.41 bits per heavy atom. The van der Waals surface area contributed by atoms with Crippen LogP contribution in [0.25, 0.3) is 0 Å². The van der Waals surface area contributed by atoms with Gasteiger partial charge in [0.15, 0.2) is 0 Å². The largest absolute Gasteiger partial charge is 0.316 e. The maximum Gasteiger partial charge on any atom is -0.00143 e. The minimum Gasteiger partial charge on any atom is -0.316 e. The van der Waals surface area contributed by atoms with Gasteiger partial charge in [0.25, 0.3) is 0 Å². The van der Waals surface area contributed by atoms with Crippen molar-refractivity contribution in [1.29, 1.82) is 0 Å². The smallest absolute Gasteiger partial charge is 0.00143 e. The molecular formula is C16H21N. The van der Waals surface area contributed by atoms with Crippen molar-refractivity contribution < 1.29 is 0 Å². The van der Waals surface area contributed by atoms with Crippen molar-refractivity contribution >= 4 is 0 Å². The van der Waals surface area contributed by atoms with Crippen LogP contribution in [0.3, 0.4) is 0 Å². The molecule has 8 rings (SSSR count). The van der Waals surface area contributed by atoms with Gasteiger partial charge in [0.05, 0.1) is 0 Å². The van der Waals surface area contributed by atoms with Crippen molar-refractivity contribution in [2.24, 2.45) is 71.0 Å². The minimum atomic E-state index is 1.13. The Labute approximate surface area is 103 Å². The highest BCUT2D eigenvalue weighted by molar-refractivity contribution is 5.32. The van der Waals surface area contributed by atoms with Gasteiger partial charge in [-0.1, -0.05) is 0 Å². The summed E-state index contributed by atoms with van der Waals surface area (Å²) in [5, 5.41) is 3.76. The Balaban J connectivity index is 1.54. The fraction of sp³-hybridized carbons (Fsp3) is 1.00. The van der Waals surface area contributed by atoms with Crippen LogP contribution in [0, 0.1) is 71.0 Å². The molecule has 0 radical (unpaired) electrons. The van der Waals surface area contributed by atoms with Gasteiger partial charge in [-0.25, -0.2) is 0 Å². The molecule has 7 saturated carbocycles. The number of nitrogens with one attached hydrogen (secondary N) is 1. The van der Waals surface area contributed by atoms with E-state index in [0.717, 1.165) is 11.8 Å². The summed E-state index contributed by atoms with van der Waals surface area (Å²) in [7, 11) is 0. The van der Waals surface area contributed by atoms with Crippen molar-refractivity contribution in [3.8, 4) is 0 Å². The Morgan fingerprint density at radius 1 is 0.471 bits per heavy atom. The van der Waals surface area contributed by atoms with E-state index >= 15 is 0 Å². The Hall–Kier alpha value is -0.0400. The molecule has 1 nitrogen and oxygen atoms in total. The third-order valence-electron chi connectivity index (χ3n) is 9.11. The van der Waals surface area contributed by atoms with Crippen LogP contribution in [-0.2, 0) is 0 Å². The quantitative estimate of drug-likeness (QED) is 0.666. The van der Waals surface area contributed by atoms with Gasteiger partial charge in [0.1, 0.15) is 0 Å². The fourth-order valence-electron chi connectivity index (χ4n) is 9.59. The predicted octanol–water partition coefficient (Wildman–Crippen LogP) is 1.85. The van der Waals surface area contributed by atoms with Crippen LogP contribution < -0.4 is 5.32 Å². The normalized spacial score (nSPS) is 83.3. The van der Waals surface area contributed by atoms with E-state index in [0.29, 0.717) is 0 Å². The van der Waals surface area contributed by atoms with Gasteiger partial charge in [0, 0.05) is 0 Å². The molecule has 1 heteroatoms. The average molecular weight is 227 g/mol. The first-order valence-corrected chi connectivity index (χ1v) is 8.17. The molecule has 1 N–H and O–H groups in total. The van der Waals surface area contributed by atoms with Crippen LogP contribution >= 0.6 is 0 Å². The summed E-state index contributed by atoms with van der Waals surface area (Å²) in [6.45, 7) is 2.79. The highest BCUT2D eigenvalue weighted by atomic mass is 15.0. The Kier molecular flexibility index (Phi) is 1.03. The molecule has 0 spiro atoms. The third-order valence-corrected chi connectivity index (χ3v) is 9.11. The second-order valence-corrected chi connectivity index (χ2v) is 8.51. The topological polar surface area (TPSA) is 12.0 Å². The molecule has 0 aromatic heterocycles. The molecule has 8 fully saturated rings. The lowest BCUT2D eigenvalue weighted by atomic mass is 9.44. The predicted molar refractivity (Wildman–Crippen MR) is 64.0 cm³/mol. The summed E-state index contributed by atoms with van der Waals surface area (Å²) in [4.78, 5) is 0. The van der Waals surface area contributed by atoms with E-state index in [-0.39, 0.29) is 0 Å². The molecule has 8 aliphatic rings. The molecule has 1 heterocycles. The summed E-state index contributed by atoms with van der Waals surface area (Å²) in [6, 6.07) is 0. The van der Waals surface area contributed by atoms with Crippen molar-refractivity contribution in [3.63, 3.8) is 0 Å². The van der Waals surface area contributed by atoms with Gasteiger partial charge < -0.3 is 5.32 Å². The van der Waals surface area contributed by atoms with Gasteiger partial charge in [-0.3, -0.25) is 0 Å². The monoisotopic (exact) mass is 227 g/mol. The van der Waals surface area contributed by atoms with Crippen LogP contribution in [0.1, 0.15) is 12.8 Å². The molecule has 90 valence electrons. The van der Waals surface area contributed by atoms with Crippen LogP contribution in [-0.4, -0.2) is 13.1 Å².